The fraction of sp³-hybridized carbons (Fsp3) is 0.421. The standard InChI is InChI=1S/C19H23NOS/c1-15-7-4-5-12-20(15)19(21)14-22-13-17-10-6-9-16-8-2-3-11-18(16)17/h2-3,6,8-11,15H,4-5,7,12-14H2,1H3. The first-order chi connectivity index (χ1) is 10.8. The van der Waals surface area contributed by atoms with Crippen LogP contribution in [0.15, 0.2) is 42.5 Å². The number of benzene rings is 2. The fourth-order valence-electron chi connectivity index (χ4n) is 3.22. The number of thioether (sulfide) groups is 1. The van der Waals surface area contributed by atoms with Gasteiger partial charge in [0.25, 0.3) is 0 Å². The lowest BCUT2D eigenvalue weighted by molar-refractivity contribution is -0.131. The molecular weight excluding hydrogens is 290 g/mol. The van der Waals surface area contributed by atoms with Crippen molar-refractivity contribution >= 4 is 28.4 Å². The summed E-state index contributed by atoms with van der Waals surface area (Å²) in [5, 5.41) is 2.58. The van der Waals surface area contributed by atoms with Crippen molar-refractivity contribution in [3.63, 3.8) is 0 Å². The number of likely N-dealkylation sites (tertiary alicyclic amines) is 1. The Morgan fingerprint density at radius 3 is 2.86 bits per heavy atom. The summed E-state index contributed by atoms with van der Waals surface area (Å²) < 4.78 is 0. The largest absolute Gasteiger partial charge is 0.339 e. The molecule has 0 spiro atoms. The molecule has 1 amide bonds. The van der Waals surface area contributed by atoms with Crippen molar-refractivity contribution in [2.75, 3.05) is 12.3 Å². The van der Waals surface area contributed by atoms with Crippen molar-refractivity contribution in [1.29, 1.82) is 0 Å². The van der Waals surface area contributed by atoms with Crippen molar-refractivity contribution < 1.29 is 4.79 Å². The zero-order valence-corrected chi connectivity index (χ0v) is 13.9. The van der Waals surface area contributed by atoms with Crippen LogP contribution in [0.2, 0.25) is 0 Å². The van der Waals surface area contributed by atoms with E-state index in [0.717, 1.165) is 25.1 Å². The smallest absolute Gasteiger partial charge is 0.232 e. The Morgan fingerprint density at radius 1 is 1.18 bits per heavy atom. The molecule has 3 rings (SSSR count). The number of rotatable bonds is 4. The highest BCUT2D eigenvalue weighted by atomic mass is 32.2. The number of carbonyl (C=O) groups is 1. The van der Waals surface area contributed by atoms with Gasteiger partial charge in [-0.25, -0.2) is 0 Å². The van der Waals surface area contributed by atoms with E-state index in [1.165, 1.54) is 22.8 Å². The average molecular weight is 313 g/mol. The molecule has 2 aromatic rings. The maximum atomic E-state index is 12.4. The lowest BCUT2D eigenvalue weighted by Gasteiger charge is -2.33. The maximum Gasteiger partial charge on any atom is 0.232 e. The van der Waals surface area contributed by atoms with E-state index in [2.05, 4.69) is 54.3 Å². The molecule has 0 saturated carbocycles. The van der Waals surface area contributed by atoms with Crippen molar-refractivity contribution in [3.8, 4) is 0 Å². The number of piperidine rings is 1. The molecule has 3 heteroatoms. The Bertz CT molecular complexity index is 649. The molecule has 2 nitrogen and oxygen atoms in total. The zero-order valence-electron chi connectivity index (χ0n) is 13.1. The van der Waals surface area contributed by atoms with E-state index >= 15 is 0 Å². The summed E-state index contributed by atoms with van der Waals surface area (Å²) in [6, 6.07) is 15.3. The van der Waals surface area contributed by atoms with Gasteiger partial charge in [-0.3, -0.25) is 4.79 Å². The van der Waals surface area contributed by atoms with Gasteiger partial charge in [-0.2, -0.15) is 0 Å². The Balaban J connectivity index is 1.59. The van der Waals surface area contributed by atoms with Crippen molar-refractivity contribution in [3.05, 3.63) is 48.0 Å². The lowest BCUT2D eigenvalue weighted by atomic mass is 10.0. The number of carbonyl (C=O) groups excluding carboxylic acids is 1. The van der Waals surface area contributed by atoms with Crippen LogP contribution in [-0.4, -0.2) is 29.1 Å². The summed E-state index contributed by atoms with van der Waals surface area (Å²) in [5.74, 6) is 1.79. The molecule has 0 bridgehead atoms. The highest BCUT2D eigenvalue weighted by Gasteiger charge is 2.22. The van der Waals surface area contributed by atoms with Crippen LogP contribution in [-0.2, 0) is 10.5 Å². The van der Waals surface area contributed by atoms with Crippen molar-refractivity contribution in [2.24, 2.45) is 0 Å². The molecule has 1 aliphatic rings. The SMILES string of the molecule is CC1CCCCN1C(=O)CSCc1cccc2ccccc12. The summed E-state index contributed by atoms with van der Waals surface area (Å²) in [4.78, 5) is 14.4. The third-order valence-electron chi connectivity index (χ3n) is 4.49. The van der Waals surface area contributed by atoms with Crippen LogP contribution in [0.3, 0.4) is 0 Å². The molecule has 1 atom stereocenters. The van der Waals surface area contributed by atoms with Gasteiger partial charge in [0, 0.05) is 18.3 Å². The molecular formula is C19H23NOS. The Hall–Kier alpha value is -1.48. The lowest BCUT2D eigenvalue weighted by Crippen LogP contribution is -2.42. The first-order valence-corrected chi connectivity index (χ1v) is 9.25. The normalized spacial score (nSPS) is 18.6. The van der Waals surface area contributed by atoms with Crippen molar-refractivity contribution in [1.82, 2.24) is 4.90 Å². The summed E-state index contributed by atoms with van der Waals surface area (Å²) in [7, 11) is 0. The van der Waals surface area contributed by atoms with E-state index in [4.69, 9.17) is 0 Å². The van der Waals surface area contributed by atoms with Crippen molar-refractivity contribution in [2.45, 2.75) is 38.0 Å². The quantitative estimate of drug-likeness (QED) is 0.830. The van der Waals surface area contributed by atoms with E-state index in [9.17, 15) is 4.79 Å². The van der Waals surface area contributed by atoms with Gasteiger partial charge in [0.15, 0.2) is 0 Å². The van der Waals surface area contributed by atoms with Crippen LogP contribution < -0.4 is 0 Å². The van der Waals surface area contributed by atoms with Gasteiger partial charge in [0.1, 0.15) is 0 Å². The van der Waals surface area contributed by atoms with E-state index in [1.54, 1.807) is 11.8 Å². The minimum absolute atomic E-state index is 0.303. The molecule has 1 saturated heterocycles. The summed E-state index contributed by atoms with van der Waals surface area (Å²) in [6.45, 7) is 3.11. The zero-order chi connectivity index (χ0) is 15.4. The number of hydrogen-bond acceptors (Lipinski definition) is 2. The monoisotopic (exact) mass is 313 g/mol. The van der Waals surface area contributed by atoms with E-state index in [0.29, 0.717) is 17.7 Å². The van der Waals surface area contributed by atoms with Gasteiger partial charge < -0.3 is 4.90 Å². The Morgan fingerprint density at radius 2 is 2.00 bits per heavy atom. The van der Waals surface area contributed by atoms with Gasteiger partial charge in [-0.05, 0) is 42.5 Å². The van der Waals surface area contributed by atoms with E-state index < -0.39 is 0 Å². The molecule has 1 fully saturated rings. The van der Waals surface area contributed by atoms with Crippen LogP contribution in [0.4, 0.5) is 0 Å². The maximum absolute atomic E-state index is 12.4. The van der Waals surface area contributed by atoms with Crippen LogP contribution in [0.25, 0.3) is 10.8 Å². The predicted octanol–water partition coefficient (Wildman–Crippen LogP) is 4.47. The molecule has 1 aliphatic heterocycles. The second kappa shape index (κ2) is 7.19. The molecule has 22 heavy (non-hydrogen) atoms. The van der Waals surface area contributed by atoms with Crippen LogP contribution in [0.1, 0.15) is 31.7 Å². The molecule has 1 heterocycles. The Labute approximate surface area is 136 Å². The Kier molecular flexibility index (Phi) is 5.04. The molecule has 0 N–H and O–H groups in total. The summed E-state index contributed by atoms with van der Waals surface area (Å²) in [6.07, 6.45) is 3.57. The van der Waals surface area contributed by atoms with Crippen LogP contribution >= 0.6 is 11.8 Å². The minimum atomic E-state index is 0.303. The number of nitrogens with zero attached hydrogens (tertiary/aromatic N) is 1. The van der Waals surface area contributed by atoms with Gasteiger partial charge in [-0.15, -0.1) is 11.8 Å². The fourth-order valence-corrected chi connectivity index (χ4v) is 4.13. The highest BCUT2D eigenvalue weighted by Crippen LogP contribution is 2.24. The molecule has 116 valence electrons. The average Bonchev–Trinajstić information content (AvgIpc) is 2.55. The predicted molar refractivity (Wildman–Crippen MR) is 95.1 cm³/mol. The topological polar surface area (TPSA) is 20.3 Å². The second-order valence-corrected chi connectivity index (χ2v) is 7.05. The second-order valence-electron chi connectivity index (χ2n) is 6.06. The first-order valence-electron chi connectivity index (χ1n) is 8.09. The summed E-state index contributed by atoms with van der Waals surface area (Å²) >= 11 is 1.73. The number of fused-ring (bicyclic) bond motifs is 1. The van der Waals surface area contributed by atoms with Crippen LogP contribution in [0.5, 0.6) is 0 Å². The molecule has 0 aromatic heterocycles. The molecule has 0 aliphatic carbocycles. The summed E-state index contributed by atoms with van der Waals surface area (Å²) in [5.41, 5.74) is 1.32. The van der Waals surface area contributed by atoms with E-state index in [-0.39, 0.29) is 0 Å². The van der Waals surface area contributed by atoms with Gasteiger partial charge in [0.2, 0.25) is 5.91 Å². The van der Waals surface area contributed by atoms with Crippen LogP contribution in [0, 0.1) is 0 Å². The molecule has 1 unspecified atom stereocenters. The first kappa shape index (κ1) is 15.4. The number of hydrogen-bond donors (Lipinski definition) is 0. The molecule has 0 radical (unpaired) electrons. The van der Waals surface area contributed by atoms with Gasteiger partial charge >= 0.3 is 0 Å². The third kappa shape index (κ3) is 3.46. The van der Waals surface area contributed by atoms with E-state index in [1.807, 2.05) is 0 Å². The third-order valence-corrected chi connectivity index (χ3v) is 5.45. The van der Waals surface area contributed by atoms with Gasteiger partial charge in [0.05, 0.1) is 5.75 Å². The van der Waals surface area contributed by atoms with Gasteiger partial charge in [-0.1, -0.05) is 42.5 Å². The molecule has 2 aromatic carbocycles. The highest BCUT2D eigenvalue weighted by molar-refractivity contribution is 7.99. The number of amides is 1. The minimum Gasteiger partial charge on any atom is -0.339 e.